The monoisotopic (exact) mass is 219 g/mol. The molecule has 2 unspecified atom stereocenters. The van der Waals surface area contributed by atoms with Gasteiger partial charge in [0.15, 0.2) is 0 Å². The molecule has 1 amide bonds. The van der Waals surface area contributed by atoms with Crippen LogP contribution in [-0.2, 0) is 16.0 Å². The molecule has 0 saturated heterocycles. The standard InChI is InChI=1S/C12H13NO3/c13-11(14)9-6-5-7-3-1-2-4-8(7)10(9)12(15)16/h1-4,9-10H,5-6H2,(H2,13,14)(H,15,16). The summed E-state index contributed by atoms with van der Waals surface area (Å²) in [5.41, 5.74) is 6.98. The van der Waals surface area contributed by atoms with Crippen molar-refractivity contribution in [1.82, 2.24) is 0 Å². The second kappa shape index (κ2) is 3.96. The molecule has 0 spiro atoms. The van der Waals surface area contributed by atoms with Gasteiger partial charge in [-0.1, -0.05) is 24.3 Å². The van der Waals surface area contributed by atoms with E-state index in [9.17, 15) is 14.7 Å². The Kier molecular flexibility index (Phi) is 2.64. The first-order valence-corrected chi connectivity index (χ1v) is 5.21. The molecule has 0 fully saturated rings. The number of carboxylic acids is 1. The van der Waals surface area contributed by atoms with Gasteiger partial charge in [0.2, 0.25) is 5.91 Å². The lowest BCUT2D eigenvalue weighted by Gasteiger charge is -2.28. The number of primary amides is 1. The third-order valence-corrected chi connectivity index (χ3v) is 3.15. The van der Waals surface area contributed by atoms with Crippen molar-refractivity contribution in [3.63, 3.8) is 0 Å². The topological polar surface area (TPSA) is 80.4 Å². The molecule has 0 saturated carbocycles. The van der Waals surface area contributed by atoms with E-state index in [1.807, 2.05) is 12.1 Å². The van der Waals surface area contributed by atoms with Crippen LogP contribution in [0.3, 0.4) is 0 Å². The number of benzene rings is 1. The van der Waals surface area contributed by atoms with Crippen molar-refractivity contribution >= 4 is 11.9 Å². The Labute approximate surface area is 93.1 Å². The van der Waals surface area contributed by atoms with Gasteiger partial charge in [0.1, 0.15) is 0 Å². The highest BCUT2D eigenvalue weighted by Gasteiger charge is 2.37. The first-order chi connectivity index (χ1) is 7.61. The van der Waals surface area contributed by atoms with Crippen LogP contribution >= 0.6 is 0 Å². The molecule has 16 heavy (non-hydrogen) atoms. The van der Waals surface area contributed by atoms with Gasteiger partial charge in [-0.15, -0.1) is 0 Å². The zero-order valence-electron chi connectivity index (χ0n) is 8.72. The third kappa shape index (κ3) is 1.66. The number of carbonyl (C=O) groups excluding carboxylic acids is 1. The van der Waals surface area contributed by atoms with Gasteiger partial charge in [0, 0.05) is 0 Å². The molecular formula is C12H13NO3. The predicted octanol–water partition coefficient (Wildman–Crippen LogP) is 0.902. The number of carbonyl (C=O) groups is 2. The number of aryl methyl sites for hydroxylation is 1. The molecule has 3 N–H and O–H groups in total. The normalized spacial score (nSPS) is 23.5. The van der Waals surface area contributed by atoms with Crippen LogP contribution in [0.4, 0.5) is 0 Å². The number of amides is 1. The molecule has 1 aliphatic rings. The molecule has 1 aromatic rings. The number of carboxylic acid groups (broad SMARTS) is 1. The van der Waals surface area contributed by atoms with E-state index in [1.54, 1.807) is 12.1 Å². The quantitative estimate of drug-likeness (QED) is 0.775. The molecule has 0 bridgehead atoms. The third-order valence-electron chi connectivity index (χ3n) is 3.15. The Hall–Kier alpha value is -1.84. The van der Waals surface area contributed by atoms with Gasteiger partial charge in [0.05, 0.1) is 11.8 Å². The Balaban J connectivity index is 2.47. The van der Waals surface area contributed by atoms with E-state index in [2.05, 4.69) is 0 Å². The number of aliphatic carboxylic acids is 1. The summed E-state index contributed by atoms with van der Waals surface area (Å²) in [5.74, 6) is -2.88. The molecule has 84 valence electrons. The van der Waals surface area contributed by atoms with Crippen LogP contribution in [-0.4, -0.2) is 17.0 Å². The molecule has 4 heteroatoms. The number of hydrogen-bond acceptors (Lipinski definition) is 2. The highest BCUT2D eigenvalue weighted by molar-refractivity contribution is 5.87. The predicted molar refractivity (Wildman–Crippen MR) is 57.8 cm³/mol. The minimum absolute atomic E-state index is 0.517. The van der Waals surface area contributed by atoms with Crippen LogP contribution in [0.25, 0.3) is 0 Å². The minimum atomic E-state index is -0.976. The van der Waals surface area contributed by atoms with Gasteiger partial charge >= 0.3 is 5.97 Å². The lowest BCUT2D eigenvalue weighted by Crippen LogP contribution is -2.36. The second-order valence-corrected chi connectivity index (χ2v) is 4.06. The van der Waals surface area contributed by atoms with Gasteiger partial charge in [0.25, 0.3) is 0 Å². The zero-order valence-corrected chi connectivity index (χ0v) is 8.72. The van der Waals surface area contributed by atoms with Gasteiger partial charge in [-0.3, -0.25) is 9.59 Å². The Morgan fingerprint density at radius 3 is 2.62 bits per heavy atom. The molecule has 1 aliphatic carbocycles. The highest BCUT2D eigenvalue weighted by Crippen LogP contribution is 2.36. The fraction of sp³-hybridized carbons (Fsp3) is 0.333. The van der Waals surface area contributed by atoms with E-state index in [-0.39, 0.29) is 0 Å². The fourth-order valence-electron chi connectivity index (χ4n) is 2.37. The van der Waals surface area contributed by atoms with Crippen LogP contribution in [0.5, 0.6) is 0 Å². The van der Waals surface area contributed by atoms with Crippen LogP contribution in [0.15, 0.2) is 24.3 Å². The Bertz CT molecular complexity index is 442. The van der Waals surface area contributed by atoms with E-state index in [0.717, 1.165) is 11.1 Å². The van der Waals surface area contributed by atoms with Crippen molar-refractivity contribution in [2.75, 3.05) is 0 Å². The van der Waals surface area contributed by atoms with E-state index < -0.39 is 23.7 Å². The van der Waals surface area contributed by atoms with Gasteiger partial charge in [-0.2, -0.15) is 0 Å². The minimum Gasteiger partial charge on any atom is -0.481 e. The van der Waals surface area contributed by atoms with Crippen molar-refractivity contribution in [3.05, 3.63) is 35.4 Å². The number of nitrogens with two attached hydrogens (primary N) is 1. The van der Waals surface area contributed by atoms with Crippen molar-refractivity contribution in [2.24, 2.45) is 11.7 Å². The highest BCUT2D eigenvalue weighted by atomic mass is 16.4. The molecule has 0 radical (unpaired) electrons. The van der Waals surface area contributed by atoms with Gasteiger partial charge < -0.3 is 10.8 Å². The Morgan fingerprint density at radius 2 is 2.00 bits per heavy atom. The van der Waals surface area contributed by atoms with E-state index >= 15 is 0 Å². The van der Waals surface area contributed by atoms with E-state index in [0.29, 0.717) is 12.8 Å². The summed E-state index contributed by atoms with van der Waals surface area (Å²) in [6, 6.07) is 7.34. The first-order valence-electron chi connectivity index (χ1n) is 5.21. The van der Waals surface area contributed by atoms with Gasteiger partial charge in [-0.25, -0.2) is 0 Å². The van der Waals surface area contributed by atoms with Crippen LogP contribution in [0.1, 0.15) is 23.5 Å². The average molecular weight is 219 g/mol. The first kappa shape index (κ1) is 10.7. The van der Waals surface area contributed by atoms with Crippen molar-refractivity contribution in [1.29, 1.82) is 0 Å². The SMILES string of the molecule is NC(=O)C1CCc2ccccc2C1C(=O)O. The van der Waals surface area contributed by atoms with E-state index in [1.165, 1.54) is 0 Å². The van der Waals surface area contributed by atoms with Crippen LogP contribution in [0.2, 0.25) is 0 Å². The lowest BCUT2D eigenvalue weighted by atomic mass is 9.75. The fourth-order valence-corrected chi connectivity index (χ4v) is 2.37. The van der Waals surface area contributed by atoms with Crippen molar-refractivity contribution in [3.8, 4) is 0 Å². The number of rotatable bonds is 2. The van der Waals surface area contributed by atoms with E-state index in [4.69, 9.17) is 5.73 Å². The summed E-state index contributed by atoms with van der Waals surface area (Å²) >= 11 is 0. The smallest absolute Gasteiger partial charge is 0.311 e. The maximum absolute atomic E-state index is 11.2. The molecule has 2 atom stereocenters. The van der Waals surface area contributed by atoms with Gasteiger partial charge in [-0.05, 0) is 24.0 Å². The molecule has 4 nitrogen and oxygen atoms in total. The maximum atomic E-state index is 11.2. The molecule has 0 aliphatic heterocycles. The Morgan fingerprint density at radius 1 is 1.31 bits per heavy atom. The molecule has 0 aromatic heterocycles. The largest absolute Gasteiger partial charge is 0.481 e. The number of hydrogen-bond donors (Lipinski definition) is 2. The molecule has 2 rings (SSSR count). The molecule has 0 heterocycles. The summed E-state index contributed by atoms with van der Waals surface area (Å²) in [6.45, 7) is 0. The number of fused-ring (bicyclic) bond motifs is 1. The summed E-state index contributed by atoms with van der Waals surface area (Å²) in [4.78, 5) is 22.5. The lowest BCUT2D eigenvalue weighted by molar-refractivity contribution is -0.143. The maximum Gasteiger partial charge on any atom is 0.311 e. The van der Waals surface area contributed by atoms with Crippen LogP contribution in [0, 0.1) is 5.92 Å². The summed E-state index contributed by atoms with van der Waals surface area (Å²) in [7, 11) is 0. The molecule has 1 aromatic carbocycles. The van der Waals surface area contributed by atoms with Crippen molar-refractivity contribution < 1.29 is 14.7 Å². The molecular weight excluding hydrogens is 206 g/mol. The average Bonchev–Trinajstić information content (AvgIpc) is 2.27. The second-order valence-electron chi connectivity index (χ2n) is 4.06. The van der Waals surface area contributed by atoms with Crippen LogP contribution < -0.4 is 5.73 Å². The summed E-state index contributed by atoms with van der Waals surface area (Å²) in [5, 5.41) is 9.20. The summed E-state index contributed by atoms with van der Waals surface area (Å²) in [6.07, 6.45) is 1.23. The van der Waals surface area contributed by atoms with Crippen molar-refractivity contribution in [2.45, 2.75) is 18.8 Å². The summed E-state index contributed by atoms with van der Waals surface area (Å²) < 4.78 is 0. The zero-order chi connectivity index (χ0) is 11.7.